The van der Waals surface area contributed by atoms with Crippen molar-refractivity contribution < 1.29 is 28.8 Å². The van der Waals surface area contributed by atoms with Gasteiger partial charge in [0.15, 0.2) is 0 Å². The average molecular weight is 419 g/mol. The molecule has 0 bridgehead atoms. The highest BCUT2D eigenvalue weighted by atomic mass is 16.7. The smallest absolute Gasteiger partial charge is 0.328 e. The molecule has 2 aromatic rings. The number of nitrogens with zero attached hydrogens (tertiary/aromatic N) is 3. The molecule has 0 saturated carbocycles. The van der Waals surface area contributed by atoms with Gasteiger partial charge in [-0.25, -0.2) is 4.79 Å². The molecule has 0 aromatic heterocycles. The minimum atomic E-state index is -1.05. The first kappa shape index (κ1) is 19.0. The lowest BCUT2D eigenvalue weighted by Crippen LogP contribution is -2.63. The van der Waals surface area contributed by atoms with Gasteiger partial charge in [0.05, 0.1) is 22.4 Å². The molecule has 3 aliphatic rings. The molecular weight excluding hydrogens is 402 g/mol. The van der Waals surface area contributed by atoms with Crippen LogP contribution in [-0.4, -0.2) is 51.8 Å². The van der Waals surface area contributed by atoms with Crippen LogP contribution >= 0.6 is 0 Å². The molecule has 3 aliphatic heterocycles. The van der Waals surface area contributed by atoms with Crippen LogP contribution in [-0.2, 0) is 14.4 Å². The molecule has 5 rings (SSSR count). The van der Waals surface area contributed by atoms with Crippen LogP contribution < -0.4 is 4.90 Å². The molecule has 1 saturated heterocycles. The van der Waals surface area contributed by atoms with E-state index >= 15 is 0 Å². The van der Waals surface area contributed by atoms with Gasteiger partial charge in [-0.1, -0.05) is 29.3 Å². The quantitative estimate of drug-likeness (QED) is 0.702. The number of hydroxylamine groups is 2. The number of carbonyl (C=O) groups is 5. The number of anilines is 1. The second-order valence-electron chi connectivity index (χ2n) is 7.77. The number of amides is 4. The summed E-state index contributed by atoms with van der Waals surface area (Å²) < 4.78 is 0. The van der Waals surface area contributed by atoms with Crippen molar-refractivity contribution >= 4 is 35.3 Å². The highest BCUT2D eigenvalue weighted by molar-refractivity contribution is 6.21. The lowest BCUT2D eigenvalue weighted by atomic mass is 9.98. The van der Waals surface area contributed by atoms with E-state index in [4.69, 9.17) is 4.84 Å². The summed E-state index contributed by atoms with van der Waals surface area (Å²) in [4.78, 5) is 71.2. The first-order valence-corrected chi connectivity index (χ1v) is 9.75. The maximum absolute atomic E-state index is 13.2. The number of fused-ring (bicyclic) bond motifs is 4. The van der Waals surface area contributed by atoms with Gasteiger partial charge in [-0.05, 0) is 37.6 Å². The maximum atomic E-state index is 13.2. The summed E-state index contributed by atoms with van der Waals surface area (Å²) in [6.45, 7) is 1.18. The Morgan fingerprint density at radius 2 is 1.48 bits per heavy atom. The molecule has 156 valence electrons. The molecule has 0 aliphatic carbocycles. The fourth-order valence-electron chi connectivity index (χ4n) is 4.45. The van der Waals surface area contributed by atoms with Crippen molar-refractivity contribution in [2.45, 2.75) is 25.4 Å². The van der Waals surface area contributed by atoms with Gasteiger partial charge in [-0.2, -0.15) is 0 Å². The molecule has 4 amide bonds. The van der Waals surface area contributed by atoms with Gasteiger partial charge < -0.3 is 9.74 Å². The number of imide groups is 1. The number of para-hydroxylation sites is 1. The van der Waals surface area contributed by atoms with Crippen LogP contribution in [0.3, 0.4) is 0 Å². The van der Waals surface area contributed by atoms with Crippen LogP contribution in [0.4, 0.5) is 5.69 Å². The number of rotatable bonds is 3. The van der Waals surface area contributed by atoms with Crippen LogP contribution in [0.2, 0.25) is 0 Å². The molecule has 9 heteroatoms. The Morgan fingerprint density at radius 3 is 2.13 bits per heavy atom. The highest BCUT2D eigenvalue weighted by Crippen LogP contribution is 2.43. The molecule has 3 heterocycles. The third-order valence-electron chi connectivity index (χ3n) is 5.98. The lowest BCUT2D eigenvalue weighted by molar-refractivity contribution is -0.170. The van der Waals surface area contributed by atoms with E-state index in [1.54, 1.807) is 43.3 Å². The largest absolute Gasteiger partial charge is 0.352 e. The van der Waals surface area contributed by atoms with E-state index in [0.29, 0.717) is 22.7 Å². The van der Waals surface area contributed by atoms with E-state index in [9.17, 15) is 24.0 Å². The Morgan fingerprint density at radius 1 is 0.903 bits per heavy atom. The third kappa shape index (κ3) is 2.59. The van der Waals surface area contributed by atoms with Gasteiger partial charge in [-0.15, -0.1) is 0 Å². The van der Waals surface area contributed by atoms with Gasteiger partial charge in [0.25, 0.3) is 17.7 Å². The zero-order valence-corrected chi connectivity index (χ0v) is 16.5. The summed E-state index contributed by atoms with van der Waals surface area (Å²) in [7, 11) is 0. The predicted molar refractivity (Wildman–Crippen MR) is 106 cm³/mol. The maximum Gasteiger partial charge on any atom is 0.352 e. The van der Waals surface area contributed by atoms with Crippen molar-refractivity contribution in [1.82, 2.24) is 9.96 Å². The summed E-state index contributed by atoms with van der Waals surface area (Å²) >= 11 is 0. The Labute approximate surface area is 176 Å². The first-order valence-electron chi connectivity index (χ1n) is 9.75. The number of hydrogen-bond acceptors (Lipinski definition) is 6. The standard InChI is InChI=1S/C22H17N3O6/c1-22-11-10-17(26)24(22)16-9-5-4-8-15(16)19(28)23(22)12-18(27)31-25-20(29)13-6-2-3-7-14(13)21(25)30/h2-9H,10-12H2,1H3. The number of benzene rings is 2. The molecule has 2 aromatic carbocycles. The molecule has 1 fully saturated rings. The van der Waals surface area contributed by atoms with E-state index in [0.717, 1.165) is 0 Å². The Bertz CT molecular complexity index is 1160. The Balaban J connectivity index is 1.42. The van der Waals surface area contributed by atoms with Crippen molar-refractivity contribution in [2.24, 2.45) is 0 Å². The Kier molecular flexibility index (Phi) is 3.98. The second-order valence-corrected chi connectivity index (χ2v) is 7.77. The van der Waals surface area contributed by atoms with E-state index in [2.05, 4.69) is 0 Å². The summed E-state index contributed by atoms with van der Waals surface area (Å²) in [6.07, 6.45) is 0.564. The topological polar surface area (TPSA) is 104 Å². The van der Waals surface area contributed by atoms with E-state index < -0.39 is 35.9 Å². The van der Waals surface area contributed by atoms with Crippen molar-refractivity contribution in [3.63, 3.8) is 0 Å². The van der Waals surface area contributed by atoms with Crippen LogP contribution in [0.1, 0.15) is 50.8 Å². The Hall–Kier alpha value is -4.01. The van der Waals surface area contributed by atoms with Crippen molar-refractivity contribution in [3.8, 4) is 0 Å². The van der Waals surface area contributed by atoms with E-state index in [1.165, 1.54) is 21.9 Å². The molecule has 1 atom stereocenters. The SMILES string of the molecule is CC12CCC(=O)N1c1ccccc1C(=O)N2CC(=O)ON1C(=O)c2ccccc2C1=O. The normalized spacial score (nSPS) is 21.9. The van der Waals surface area contributed by atoms with Crippen LogP contribution in [0.15, 0.2) is 48.5 Å². The van der Waals surface area contributed by atoms with Crippen molar-refractivity contribution in [1.29, 1.82) is 0 Å². The van der Waals surface area contributed by atoms with Crippen molar-refractivity contribution in [2.75, 3.05) is 11.4 Å². The molecule has 9 nitrogen and oxygen atoms in total. The number of hydrogen-bond donors (Lipinski definition) is 0. The van der Waals surface area contributed by atoms with Gasteiger partial charge in [0, 0.05) is 6.42 Å². The molecule has 0 spiro atoms. The number of carbonyl (C=O) groups excluding carboxylic acids is 5. The van der Waals surface area contributed by atoms with Gasteiger partial charge in [-0.3, -0.25) is 24.1 Å². The zero-order valence-electron chi connectivity index (χ0n) is 16.5. The lowest BCUT2D eigenvalue weighted by Gasteiger charge is -2.48. The van der Waals surface area contributed by atoms with Crippen LogP contribution in [0, 0.1) is 0 Å². The van der Waals surface area contributed by atoms with Crippen molar-refractivity contribution in [3.05, 3.63) is 65.2 Å². The molecule has 0 N–H and O–H groups in total. The zero-order chi connectivity index (χ0) is 21.9. The first-order chi connectivity index (χ1) is 14.8. The fraction of sp³-hybridized carbons (Fsp3) is 0.227. The van der Waals surface area contributed by atoms with E-state index in [1.807, 2.05) is 0 Å². The fourth-order valence-corrected chi connectivity index (χ4v) is 4.45. The van der Waals surface area contributed by atoms with E-state index in [-0.39, 0.29) is 23.5 Å². The highest BCUT2D eigenvalue weighted by Gasteiger charge is 2.53. The monoisotopic (exact) mass is 419 g/mol. The van der Waals surface area contributed by atoms with Gasteiger partial charge in [0.2, 0.25) is 5.91 Å². The van der Waals surface area contributed by atoms with Gasteiger partial charge in [0.1, 0.15) is 12.2 Å². The minimum Gasteiger partial charge on any atom is -0.328 e. The summed E-state index contributed by atoms with van der Waals surface area (Å²) in [5.74, 6) is -3.02. The summed E-state index contributed by atoms with van der Waals surface area (Å²) in [5.41, 5.74) is 0.0283. The molecular formula is C22H17N3O6. The summed E-state index contributed by atoms with van der Waals surface area (Å²) in [5, 5.41) is 0.412. The molecule has 31 heavy (non-hydrogen) atoms. The van der Waals surface area contributed by atoms with Gasteiger partial charge >= 0.3 is 5.97 Å². The molecule has 0 radical (unpaired) electrons. The molecule has 1 unspecified atom stereocenters. The van der Waals surface area contributed by atoms with Crippen LogP contribution in [0.25, 0.3) is 0 Å². The second kappa shape index (κ2) is 6.49. The van der Waals surface area contributed by atoms with Crippen LogP contribution in [0.5, 0.6) is 0 Å². The average Bonchev–Trinajstić information content (AvgIpc) is 3.20. The summed E-state index contributed by atoms with van der Waals surface area (Å²) in [6, 6.07) is 12.8. The minimum absolute atomic E-state index is 0.141. The predicted octanol–water partition coefficient (Wildman–Crippen LogP) is 1.74. The third-order valence-corrected chi connectivity index (χ3v) is 5.98.